The predicted molar refractivity (Wildman–Crippen MR) is 70.4 cm³/mol. The molecule has 1 atom stereocenters. The van der Waals surface area contributed by atoms with Gasteiger partial charge in [-0.15, -0.1) is 11.8 Å². The van der Waals surface area contributed by atoms with Gasteiger partial charge in [0.2, 0.25) is 5.91 Å². The highest BCUT2D eigenvalue weighted by atomic mass is 32.2. The Morgan fingerprint density at radius 2 is 2.00 bits per heavy atom. The molecule has 0 spiro atoms. The fraction of sp³-hybridized carbons (Fsp3) is 0.727. The topological polar surface area (TPSA) is 84.5 Å². The SMILES string of the molecule is CCCNC(=O)NC(=O)CSC(C)CC(=O)OC. The Kier molecular flexibility index (Phi) is 9.08. The van der Waals surface area contributed by atoms with Crippen LogP contribution < -0.4 is 10.6 Å². The number of hydrogen-bond acceptors (Lipinski definition) is 5. The van der Waals surface area contributed by atoms with E-state index >= 15 is 0 Å². The molecule has 0 heterocycles. The average molecular weight is 276 g/mol. The van der Waals surface area contributed by atoms with Crippen LogP contribution in [0.3, 0.4) is 0 Å². The van der Waals surface area contributed by atoms with E-state index in [1.807, 2.05) is 13.8 Å². The van der Waals surface area contributed by atoms with Gasteiger partial charge in [0.25, 0.3) is 0 Å². The normalized spacial score (nSPS) is 11.5. The molecule has 0 saturated carbocycles. The third-order valence-corrected chi connectivity index (χ3v) is 3.13. The molecule has 0 aliphatic heterocycles. The van der Waals surface area contributed by atoms with Crippen LogP contribution in [-0.4, -0.2) is 42.6 Å². The van der Waals surface area contributed by atoms with Gasteiger partial charge in [-0.25, -0.2) is 4.79 Å². The Morgan fingerprint density at radius 3 is 2.56 bits per heavy atom. The third kappa shape index (κ3) is 8.86. The lowest BCUT2D eigenvalue weighted by Crippen LogP contribution is -2.40. The molecular formula is C11H20N2O4S. The largest absolute Gasteiger partial charge is 0.469 e. The molecule has 0 aliphatic rings. The van der Waals surface area contributed by atoms with E-state index in [0.717, 1.165) is 6.42 Å². The number of thioether (sulfide) groups is 1. The summed E-state index contributed by atoms with van der Waals surface area (Å²) in [4.78, 5) is 33.5. The van der Waals surface area contributed by atoms with E-state index in [1.165, 1.54) is 18.9 Å². The molecule has 1 unspecified atom stereocenters. The summed E-state index contributed by atoms with van der Waals surface area (Å²) in [6, 6.07) is -0.483. The second-order valence-corrected chi connectivity index (χ2v) is 5.13. The Bertz CT molecular complexity index is 297. The van der Waals surface area contributed by atoms with E-state index in [-0.39, 0.29) is 29.3 Å². The number of esters is 1. The molecule has 0 saturated heterocycles. The minimum absolute atomic E-state index is 0.0260. The molecule has 0 aromatic heterocycles. The molecule has 0 bridgehead atoms. The number of carbonyl (C=O) groups is 3. The summed E-state index contributed by atoms with van der Waals surface area (Å²) in [5, 5.41) is 4.72. The zero-order valence-corrected chi connectivity index (χ0v) is 11.8. The summed E-state index contributed by atoms with van der Waals surface area (Å²) < 4.78 is 4.52. The van der Waals surface area contributed by atoms with E-state index in [1.54, 1.807) is 0 Å². The van der Waals surface area contributed by atoms with E-state index in [4.69, 9.17) is 0 Å². The van der Waals surface area contributed by atoms with Crippen molar-refractivity contribution in [2.75, 3.05) is 19.4 Å². The highest BCUT2D eigenvalue weighted by molar-refractivity contribution is 8.00. The average Bonchev–Trinajstić information content (AvgIpc) is 2.33. The van der Waals surface area contributed by atoms with Gasteiger partial charge in [0.1, 0.15) is 0 Å². The van der Waals surface area contributed by atoms with Crippen LogP contribution in [0.25, 0.3) is 0 Å². The Morgan fingerprint density at radius 1 is 1.33 bits per heavy atom. The summed E-state index contributed by atoms with van der Waals surface area (Å²) in [7, 11) is 1.32. The Hall–Kier alpha value is -1.24. The molecule has 2 N–H and O–H groups in total. The van der Waals surface area contributed by atoms with Crippen molar-refractivity contribution in [3.63, 3.8) is 0 Å². The standard InChI is InChI=1S/C11H20N2O4S/c1-4-5-12-11(16)13-9(14)7-18-8(2)6-10(15)17-3/h8H,4-7H2,1-3H3,(H2,12,13,14,16). The number of imide groups is 1. The molecule has 104 valence electrons. The van der Waals surface area contributed by atoms with Crippen molar-refractivity contribution >= 4 is 29.7 Å². The first-order valence-electron chi connectivity index (χ1n) is 5.75. The molecular weight excluding hydrogens is 256 g/mol. The third-order valence-electron chi connectivity index (χ3n) is 1.97. The Labute approximate surface area is 111 Å². The van der Waals surface area contributed by atoms with Gasteiger partial charge in [-0.05, 0) is 6.42 Å². The van der Waals surface area contributed by atoms with E-state index in [9.17, 15) is 14.4 Å². The van der Waals surface area contributed by atoms with E-state index in [0.29, 0.717) is 6.54 Å². The quantitative estimate of drug-likeness (QED) is 0.675. The number of rotatable bonds is 7. The molecule has 18 heavy (non-hydrogen) atoms. The zero-order chi connectivity index (χ0) is 14.0. The smallest absolute Gasteiger partial charge is 0.321 e. The van der Waals surface area contributed by atoms with Gasteiger partial charge < -0.3 is 10.1 Å². The van der Waals surface area contributed by atoms with E-state index < -0.39 is 6.03 Å². The lowest BCUT2D eigenvalue weighted by molar-refractivity contribution is -0.140. The molecule has 0 rings (SSSR count). The minimum Gasteiger partial charge on any atom is -0.469 e. The molecule has 0 aromatic rings. The minimum atomic E-state index is -0.483. The van der Waals surface area contributed by atoms with Gasteiger partial charge in [0.15, 0.2) is 0 Å². The second-order valence-electron chi connectivity index (χ2n) is 3.71. The number of methoxy groups -OCH3 is 1. The fourth-order valence-electron chi connectivity index (χ4n) is 1.04. The van der Waals surface area contributed by atoms with Crippen molar-refractivity contribution in [3.8, 4) is 0 Å². The van der Waals surface area contributed by atoms with Gasteiger partial charge in [-0.1, -0.05) is 13.8 Å². The predicted octanol–water partition coefficient (Wildman–Crippen LogP) is 0.907. The second kappa shape index (κ2) is 9.76. The van der Waals surface area contributed by atoms with Gasteiger partial charge in [-0.2, -0.15) is 0 Å². The maximum absolute atomic E-state index is 11.4. The van der Waals surface area contributed by atoms with Crippen LogP contribution in [0.4, 0.5) is 4.79 Å². The number of hydrogen-bond donors (Lipinski definition) is 2. The number of carbonyl (C=O) groups excluding carboxylic acids is 3. The van der Waals surface area contributed by atoms with Crippen LogP contribution in [0.1, 0.15) is 26.7 Å². The summed E-state index contributed by atoms with van der Waals surface area (Å²) >= 11 is 1.30. The molecule has 7 heteroatoms. The first-order valence-corrected chi connectivity index (χ1v) is 6.80. The maximum atomic E-state index is 11.4. The Balaban J connectivity index is 3.75. The molecule has 3 amide bonds. The highest BCUT2D eigenvalue weighted by Gasteiger charge is 2.13. The van der Waals surface area contributed by atoms with Crippen LogP contribution in [-0.2, 0) is 14.3 Å². The summed E-state index contributed by atoms with van der Waals surface area (Å²) in [6.45, 7) is 4.28. The van der Waals surface area contributed by atoms with Gasteiger partial charge in [-0.3, -0.25) is 14.9 Å². The number of amides is 3. The summed E-state index contributed by atoms with van der Waals surface area (Å²) in [6.07, 6.45) is 1.06. The molecule has 0 radical (unpaired) electrons. The van der Waals surface area contributed by atoms with Crippen molar-refractivity contribution in [2.24, 2.45) is 0 Å². The monoisotopic (exact) mass is 276 g/mol. The van der Waals surface area contributed by atoms with Gasteiger partial charge in [0.05, 0.1) is 19.3 Å². The van der Waals surface area contributed by atoms with Crippen LogP contribution in [0, 0.1) is 0 Å². The fourth-order valence-corrected chi connectivity index (χ4v) is 1.80. The lowest BCUT2D eigenvalue weighted by atomic mass is 10.3. The van der Waals surface area contributed by atoms with E-state index in [2.05, 4.69) is 15.4 Å². The van der Waals surface area contributed by atoms with Crippen molar-refractivity contribution < 1.29 is 19.1 Å². The van der Waals surface area contributed by atoms with Crippen LogP contribution in [0.5, 0.6) is 0 Å². The summed E-state index contributed by atoms with van der Waals surface area (Å²) in [5.74, 6) is -0.543. The van der Waals surface area contributed by atoms with Gasteiger partial charge in [0, 0.05) is 11.8 Å². The summed E-state index contributed by atoms with van der Waals surface area (Å²) in [5.41, 5.74) is 0. The zero-order valence-electron chi connectivity index (χ0n) is 10.9. The molecule has 0 aliphatic carbocycles. The van der Waals surface area contributed by atoms with Crippen molar-refractivity contribution in [3.05, 3.63) is 0 Å². The number of urea groups is 1. The molecule has 0 fully saturated rings. The highest BCUT2D eigenvalue weighted by Crippen LogP contribution is 2.13. The first kappa shape index (κ1) is 16.8. The number of ether oxygens (including phenoxy) is 1. The molecule has 6 nitrogen and oxygen atoms in total. The van der Waals surface area contributed by atoms with Crippen molar-refractivity contribution in [1.82, 2.24) is 10.6 Å². The van der Waals surface area contributed by atoms with Crippen molar-refractivity contribution in [2.45, 2.75) is 31.9 Å². The van der Waals surface area contributed by atoms with Crippen molar-refractivity contribution in [1.29, 1.82) is 0 Å². The maximum Gasteiger partial charge on any atom is 0.321 e. The van der Waals surface area contributed by atoms with Gasteiger partial charge >= 0.3 is 12.0 Å². The van der Waals surface area contributed by atoms with Crippen LogP contribution in [0.2, 0.25) is 0 Å². The first-order chi connectivity index (χ1) is 8.49. The molecule has 0 aromatic carbocycles. The number of nitrogens with one attached hydrogen (secondary N) is 2. The lowest BCUT2D eigenvalue weighted by Gasteiger charge is -2.09. The van der Waals surface area contributed by atoms with Crippen LogP contribution in [0.15, 0.2) is 0 Å². The van der Waals surface area contributed by atoms with Crippen LogP contribution >= 0.6 is 11.8 Å².